The molecule has 4 nitrogen and oxygen atoms in total. The molecule has 3 atom stereocenters. The number of hydrogen-bond acceptors (Lipinski definition) is 4. The zero-order valence-electron chi connectivity index (χ0n) is 13.3. The van der Waals surface area contributed by atoms with Crippen LogP contribution in [0.1, 0.15) is 45.7 Å². The van der Waals surface area contributed by atoms with Gasteiger partial charge in [-0.15, -0.1) is 0 Å². The van der Waals surface area contributed by atoms with Gasteiger partial charge < -0.3 is 9.05 Å². The second kappa shape index (κ2) is 6.62. The number of benzene rings is 1. The normalized spacial score (nSPS) is 26.6. The van der Waals surface area contributed by atoms with Crippen LogP contribution in [0.4, 0.5) is 0 Å². The first-order valence-electron chi connectivity index (χ1n) is 7.71. The van der Waals surface area contributed by atoms with E-state index in [1.165, 1.54) is 5.56 Å². The second-order valence-electron chi connectivity index (χ2n) is 5.64. The van der Waals surface area contributed by atoms with Crippen LogP contribution in [-0.2, 0) is 13.6 Å². The van der Waals surface area contributed by atoms with E-state index in [0.29, 0.717) is 13.2 Å². The van der Waals surface area contributed by atoms with Crippen LogP contribution >= 0.6 is 7.60 Å². The van der Waals surface area contributed by atoms with Crippen molar-refractivity contribution in [3.8, 4) is 0 Å². The van der Waals surface area contributed by atoms with Gasteiger partial charge in [0.15, 0.2) is 0 Å². The number of rotatable bonds is 8. The van der Waals surface area contributed by atoms with Gasteiger partial charge in [0.25, 0.3) is 0 Å². The topological polar surface area (TPSA) is 47.6 Å². The first-order valence-corrected chi connectivity index (χ1v) is 9.25. The highest BCUT2D eigenvalue weighted by atomic mass is 31.2. The molecule has 0 unspecified atom stereocenters. The van der Waals surface area contributed by atoms with E-state index in [9.17, 15) is 4.57 Å². The molecule has 0 heterocycles. The average molecular weight is 311 g/mol. The lowest BCUT2D eigenvalue weighted by Gasteiger charge is -2.30. The van der Waals surface area contributed by atoms with E-state index in [4.69, 9.17) is 9.05 Å². The minimum atomic E-state index is -3.15. The molecule has 0 saturated heterocycles. The SMILES string of the molecule is CCOP(=O)(OCC)[C@@]1(N[C@H](C)c2ccccc2)C[C@@H]1C. The van der Waals surface area contributed by atoms with Crippen molar-refractivity contribution < 1.29 is 13.6 Å². The van der Waals surface area contributed by atoms with Gasteiger partial charge in [0, 0.05) is 6.04 Å². The average Bonchev–Trinajstić information content (AvgIpc) is 3.12. The summed E-state index contributed by atoms with van der Waals surface area (Å²) < 4.78 is 24.3. The third-order valence-electron chi connectivity index (χ3n) is 4.13. The summed E-state index contributed by atoms with van der Waals surface area (Å²) in [5, 5.41) is 2.98. The molecule has 1 N–H and O–H groups in total. The van der Waals surface area contributed by atoms with E-state index in [0.717, 1.165) is 6.42 Å². The van der Waals surface area contributed by atoms with E-state index < -0.39 is 12.9 Å². The van der Waals surface area contributed by atoms with Crippen molar-refractivity contribution in [3.05, 3.63) is 35.9 Å². The molecule has 5 heteroatoms. The maximum absolute atomic E-state index is 13.2. The fraction of sp³-hybridized carbons (Fsp3) is 0.625. The van der Waals surface area contributed by atoms with Crippen LogP contribution < -0.4 is 5.32 Å². The van der Waals surface area contributed by atoms with Crippen molar-refractivity contribution in [2.45, 2.75) is 45.4 Å². The van der Waals surface area contributed by atoms with E-state index in [1.54, 1.807) is 0 Å². The van der Waals surface area contributed by atoms with Gasteiger partial charge in [0.1, 0.15) is 5.28 Å². The molecule has 1 saturated carbocycles. The van der Waals surface area contributed by atoms with Gasteiger partial charge in [-0.25, -0.2) is 0 Å². The van der Waals surface area contributed by atoms with Crippen molar-refractivity contribution in [1.29, 1.82) is 0 Å². The zero-order chi connectivity index (χ0) is 15.5. The molecule has 1 aromatic rings. The van der Waals surface area contributed by atoms with Gasteiger partial charge >= 0.3 is 7.60 Å². The summed E-state index contributed by atoms with van der Waals surface area (Å²) >= 11 is 0. The molecule has 2 rings (SSSR count). The Hall–Kier alpha value is -0.670. The molecule has 0 spiro atoms. The van der Waals surface area contributed by atoms with Crippen molar-refractivity contribution in [2.24, 2.45) is 5.92 Å². The molecule has 1 fully saturated rings. The fourth-order valence-corrected chi connectivity index (χ4v) is 5.48. The van der Waals surface area contributed by atoms with Gasteiger partial charge in [0.2, 0.25) is 0 Å². The van der Waals surface area contributed by atoms with Gasteiger partial charge in [-0.2, -0.15) is 0 Å². The van der Waals surface area contributed by atoms with Crippen molar-refractivity contribution in [2.75, 3.05) is 13.2 Å². The molecule has 0 aromatic heterocycles. The quantitative estimate of drug-likeness (QED) is 0.726. The van der Waals surface area contributed by atoms with Crippen molar-refractivity contribution in [1.82, 2.24) is 5.32 Å². The summed E-state index contributed by atoms with van der Waals surface area (Å²) in [6.07, 6.45) is 0.821. The molecular weight excluding hydrogens is 285 g/mol. The molecule has 0 radical (unpaired) electrons. The van der Waals surface area contributed by atoms with Gasteiger partial charge in [-0.05, 0) is 38.7 Å². The maximum atomic E-state index is 13.2. The lowest BCUT2D eigenvalue weighted by atomic mass is 10.1. The van der Waals surface area contributed by atoms with E-state index >= 15 is 0 Å². The molecule has 118 valence electrons. The Morgan fingerprint density at radius 1 is 1.29 bits per heavy atom. The smallest absolute Gasteiger partial charge is 0.308 e. The Labute approximate surface area is 127 Å². The Morgan fingerprint density at radius 3 is 2.24 bits per heavy atom. The molecular formula is C16H26NO3P. The lowest BCUT2D eigenvalue weighted by molar-refractivity contribution is 0.199. The third kappa shape index (κ3) is 3.24. The Bertz CT molecular complexity index is 498. The molecule has 0 amide bonds. The summed E-state index contributed by atoms with van der Waals surface area (Å²) in [4.78, 5) is 0. The molecule has 1 aromatic carbocycles. The summed E-state index contributed by atoms with van der Waals surface area (Å²) in [5.74, 6) is 0.285. The summed E-state index contributed by atoms with van der Waals surface area (Å²) in [5.41, 5.74) is 1.18. The van der Waals surface area contributed by atoms with Crippen molar-refractivity contribution in [3.63, 3.8) is 0 Å². The lowest BCUT2D eigenvalue weighted by Crippen LogP contribution is -2.36. The highest BCUT2D eigenvalue weighted by Gasteiger charge is 2.66. The Morgan fingerprint density at radius 2 is 1.81 bits per heavy atom. The van der Waals surface area contributed by atoms with Crippen molar-refractivity contribution >= 4 is 7.60 Å². The highest BCUT2D eigenvalue weighted by Crippen LogP contribution is 2.72. The Balaban J connectivity index is 2.20. The van der Waals surface area contributed by atoms with E-state index in [1.807, 2.05) is 32.0 Å². The Kier molecular flexibility index (Phi) is 5.26. The second-order valence-corrected chi connectivity index (χ2v) is 7.95. The first kappa shape index (κ1) is 16.7. The summed E-state index contributed by atoms with van der Waals surface area (Å²) in [7, 11) is -3.15. The number of hydrogen-bond donors (Lipinski definition) is 1. The minimum Gasteiger partial charge on any atom is -0.308 e. The maximum Gasteiger partial charge on any atom is 0.350 e. The van der Waals surface area contributed by atoms with Crippen LogP contribution in [0.2, 0.25) is 0 Å². The van der Waals surface area contributed by atoms with Crippen LogP contribution in [0.5, 0.6) is 0 Å². The number of nitrogens with one attached hydrogen (secondary N) is 1. The third-order valence-corrected chi connectivity index (χ3v) is 7.05. The first-order chi connectivity index (χ1) is 9.99. The van der Waals surface area contributed by atoms with Gasteiger partial charge in [0.05, 0.1) is 13.2 Å². The predicted octanol–water partition coefficient (Wildman–Crippen LogP) is 4.34. The van der Waals surface area contributed by atoms with E-state index in [2.05, 4.69) is 31.3 Å². The largest absolute Gasteiger partial charge is 0.350 e. The van der Waals surface area contributed by atoms with Crippen LogP contribution in [0.3, 0.4) is 0 Å². The van der Waals surface area contributed by atoms with Crippen LogP contribution in [0.15, 0.2) is 30.3 Å². The minimum absolute atomic E-state index is 0.102. The standard InChI is InChI=1S/C16H26NO3P/c1-5-19-21(18,20-6-2)16(12-13(16)3)17-14(4)15-10-8-7-9-11-15/h7-11,13-14,17H,5-6,12H2,1-4H3/t13-,14+,16-/m0/s1. The van der Waals surface area contributed by atoms with Crippen LogP contribution in [-0.4, -0.2) is 18.5 Å². The fourth-order valence-electron chi connectivity index (χ4n) is 2.88. The highest BCUT2D eigenvalue weighted by molar-refractivity contribution is 7.56. The predicted molar refractivity (Wildman–Crippen MR) is 85.4 cm³/mol. The monoisotopic (exact) mass is 311 g/mol. The van der Waals surface area contributed by atoms with Crippen LogP contribution in [0, 0.1) is 5.92 Å². The molecule has 0 bridgehead atoms. The zero-order valence-corrected chi connectivity index (χ0v) is 14.2. The van der Waals surface area contributed by atoms with E-state index in [-0.39, 0.29) is 12.0 Å². The summed E-state index contributed by atoms with van der Waals surface area (Å²) in [6.45, 7) is 8.68. The van der Waals surface area contributed by atoms with Crippen LogP contribution in [0.25, 0.3) is 0 Å². The van der Waals surface area contributed by atoms with Gasteiger partial charge in [-0.3, -0.25) is 9.88 Å². The summed E-state index contributed by atoms with van der Waals surface area (Å²) in [6, 6.07) is 10.3. The molecule has 1 aliphatic rings. The van der Waals surface area contributed by atoms with Gasteiger partial charge in [-0.1, -0.05) is 37.3 Å². The molecule has 1 aliphatic carbocycles. The molecule has 0 aliphatic heterocycles. The molecule has 21 heavy (non-hydrogen) atoms.